The lowest BCUT2D eigenvalue weighted by Gasteiger charge is -2.09. The predicted octanol–water partition coefficient (Wildman–Crippen LogP) is 5.56. The standard InChI is InChI=1S/C20H14Cl2N4O2S/c21-13-9-14(22)11-15(10-13)23-18(27)12-29-20-25-24-19(17-7-4-8-28-17)26(20)16-5-2-1-3-6-16/h1-11H,12H2,(H,23,27). The first kappa shape index (κ1) is 19.6. The van der Waals surface area contributed by atoms with E-state index in [-0.39, 0.29) is 11.7 Å². The number of aromatic nitrogens is 3. The maximum Gasteiger partial charge on any atom is 0.234 e. The van der Waals surface area contributed by atoms with E-state index in [0.29, 0.717) is 32.5 Å². The van der Waals surface area contributed by atoms with Crippen LogP contribution >= 0.6 is 35.0 Å². The maximum absolute atomic E-state index is 12.4. The molecule has 4 rings (SSSR count). The second-order valence-corrected chi connectivity index (χ2v) is 7.76. The molecule has 9 heteroatoms. The van der Waals surface area contributed by atoms with E-state index in [4.69, 9.17) is 27.6 Å². The zero-order chi connectivity index (χ0) is 20.2. The number of hydrogen-bond acceptors (Lipinski definition) is 5. The Morgan fingerprint density at radius 3 is 2.48 bits per heavy atom. The number of anilines is 1. The van der Waals surface area contributed by atoms with Crippen LogP contribution in [-0.2, 0) is 4.79 Å². The Hall–Kier alpha value is -2.74. The summed E-state index contributed by atoms with van der Waals surface area (Å²) in [5, 5.41) is 12.8. The molecule has 0 radical (unpaired) electrons. The van der Waals surface area contributed by atoms with Gasteiger partial charge in [0, 0.05) is 21.4 Å². The fraction of sp³-hybridized carbons (Fsp3) is 0.0500. The van der Waals surface area contributed by atoms with Crippen molar-refractivity contribution < 1.29 is 9.21 Å². The van der Waals surface area contributed by atoms with Gasteiger partial charge >= 0.3 is 0 Å². The molecule has 6 nitrogen and oxygen atoms in total. The summed E-state index contributed by atoms with van der Waals surface area (Å²) in [4.78, 5) is 12.4. The second kappa shape index (κ2) is 8.73. The highest BCUT2D eigenvalue weighted by Gasteiger charge is 2.18. The number of amides is 1. The molecule has 2 aromatic heterocycles. The normalized spacial score (nSPS) is 10.8. The smallest absolute Gasteiger partial charge is 0.234 e. The summed E-state index contributed by atoms with van der Waals surface area (Å²) < 4.78 is 7.34. The molecule has 0 unspecified atom stereocenters. The molecule has 0 spiro atoms. The van der Waals surface area contributed by atoms with Gasteiger partial charge in [-0.15, -0.1) is 10.2 Å². The molecule has 2 heterocycles. The Labute approximate surface area is 180 Å². The van der Waals surface area contributed by atoms with Crippen LogP contribution in [0.4, 0.5) is 5.69 Å². The molecule has 0 saturated heterocycles. The number of hydrogen-bond donors (Lipinski definition) is 1. The van der Waals surface area contributed by atoms with E-state index in [1.807, 2.05) is 41.0 Å². The second-order valence-electron chi connectivity index (χ2n) is 5.95. The molecule has 0 aliphatic heterocycles. The van der Waals surface area contributed by atoms with Crippen LogP contribution in [0.2, 0.25) is 10.0 Å². The highest BCUT2D eigenvalue weighted by atomic mass is 35.5. The number of para-hydroxylation sites is 1. The summed E-state index contributed by atoms with van der Waals surface area (Å²) in [6, 6.07) is 18.1. The van der Waals surface area contributed by atoms with Crippen LogP contribution < -0.4 is 5.32 Å². The number of thioether (sulfide) groups is 1. The molecule has 1 amide bonds. The summed E-state index contributed by atoms with van der Waals surface area (Å²) in [6.07, 6.45) is 1.58. The zero-order valence-electron chi connectivity index (χ0n) is 14.9. The van der Waals surface area contributed by atoms with Gasteiger partial charge in [-0.1, -0.05) is 53.2 Å². The lowest BCUT2D eigenvalue weighted by Crippen LogP contribution is -2.14. The van der Waals surface area contributed by atoms with Crippen LogP contribution in [0, 0.1) is 0 Å². The van der Waals surface area contributed by atoms with E-state index in [1.54, 1.807) is 30.5 Å². The van der Waals surface area contributed by atoms with Crippen molar-refractivity contribution in [1.29, 1.82) is 0 Å². The minimum absolute atomic E-state index is 0.132. The third-order valence-electron chi connectivity index (χ3n) is 3.87. The van der Waals surface area contributed by atoms with Gasteiger partial charge in [0.15, 0.2) is 10.9 Å². The van der Waals surface area contributed by atoms with Crippen molar-refractivity contribution in [3.63, 3.8) is 0 Å². The van der Waals surface area contributed by atoms with Crippen molar-refractivity contribution in [2.24, 2.45) is 0 Å². The van der Waals surface area contributed by atoms with Crippen molar-refractivity contribution in [2.75, 3.05) is 11.1 Å². The van der Waals surface area contributed by atoms with Gasteiger partial charge in [-0.3, -0.25) is 9.36 Å². The average Bonchev–Trinajstić information content (AvgIpc) is 3.36. The number of furan rings is 1. The third-order valence-corrected chi connectivity index (χ3v) is 5.23. The summed E-state index contributed by atoms with van der Waals surface area (Å²) >= 11 is 13.2. The van der Waals surface area contributed by atoms with Crippen molar-refractivity contribution in [2.45, 2.75) is 5.16 Å². The van der Waals surface area contributed by atoms with Crippen LogP contribution in [0.25, 0.3) is 17.3 Å². The summed E-state index contributed by atoms with van der Waals surface area (Å²) in [5.74, 6) is 1.07. The van der Waals surface area contributed by atoms with Crippen LogP contribution in [0.5, 0.6) is 0 Å². The Morgan fingerprint density at radius 1 is 1.03 bits per heavy atom. The number of rotatable bonds is 6. The van der Waals surface area contributed by atoms with Crippen LogP contribution in [0.15, 0.2) is 76.5 Å². The predicted molar refractivity (Wildman–Crippen MR) is 115 cm³/mol. The molecule has 146 valence electrons. The topological polar surface area (TPSA) is 73.0 Å². The molecule has 0 bridgehead atoms. The van der Waals surface area contributed by atoms with Gasteiger partial charge in [-0.2, -0.15) is 0 Å². The third kappa shape index (κ3) is 4.64. The molecule has 2 aromatic carbocycles. The van der Waals surface area contributed by atoms with E-state index in [0.717, 1.165) is 5.69 Å². The number of benzene rings is 2. The quantitative estimate of drug-likeness (QED) is 0.393. The van der Waals surface area contributed by atoms with Gasteiger partial charge < -0.3 is 9.73 Å². The van der Waals surface area contributed by atoms with Gasteiger partial charge in [0.2, 0.25) is 11.7 Å². The van der Waals surface area contributed by atoms with Gasteiger partial charge in [0.05, 0.1) is 12.0 Å². The number of carbonyl (C=O) groups excluding carboxylic acids is 1. The van der Waals surface area contributed by atoms with Crippen molar-refractivity contribution in [3.8, 4) is 17.3 Å². The number of nitrogens with one attached hydrogen (secondary N) is 1. The van der Waals surface area contributed by atoms with Crippen molar-refractivity contribution in [3.05, 3.63) is 77.0 Å². The van der Waals surface area contributed by atoms with Crippen LogP contribution in [-0.4, -0.2) is 26.4 Å². The Bertz CT molecular complexity index is 1110. The summed E-state index contributed by atoms with van der Waals surface area (Å²) in [7, 11) is 0. The Morgan fingerprint density at radius 2 is 1.79 bits per heavy atom. The van der Waals surface area contributed by atoms with Gasteiger partial charge in [0.1, 0.15) is 0 Å². The minimum Gasteiger partial charge on any atom is -0.461 e. The number of carbonyl (C=O) groups is 1. The van der Waals surface area contributed by atoms with Gasteiger partial charge in [0.25, 0.3) is 0 Å². The van der Waals surface area contributed by atoms with Crippen LogP contribution in [0.1, 0.15) is 0 Å². The SMILES string of the molecule is O=C(CSc1nnc(-c2ccco2)n1-c1ccccc1)Nc1cc(Cl)cc(Cl)c1. The molecular weight excluding hydrogens is 431 g/mol. The molecule has 4 aromatic rings. The molecule has 29 heavy (non-hydrogen) atoms. The average molecular weight is 445 g/mol. The first-order valence-corrected chi connectivity index (χ1v) is 10.3. The van der Waals surface area contributed by atoms with Gasteiger partial charge in [-0.25, -0.2) is 0 Å². The molecule has 0 saturated carbocycles. The summed E-state index contributed by atoms with van der Waals surface area (Å²) in [5.41, 5.74) is 1.40. The fourth-order valence-electron chi connectivity index (χ4n) is 2.69. The Kier molecular flexibility index (Phi) is 5.89. The molecule has 1 N–H and O–H groups in total. The highest BCUT2D eigenvalue weighted by Crippen LogP contribution is 2.28. The van der Waals surface area contributed by atoms with E-state index in [9.17, 15) is 4.79 Å². The number of nitrogens with zero attached hydrogens (tertiary/aromatic N) is 3. The Balaban J connectivity index is 1.55. The maximum atomic E-state index is 12.4. The first-order chi connectivity index (χ1) is 14.1. The van der Waals surface area contributed by atoms with E-state index >= 15 is 0 Å². The number of halogens is 2. The first-order valence-electron chi connectivity index (χ1n) is 8.53. The summed E-state index contributed by atoms with van der Waals surface area (Å²) in [6.45, 7) is 0. The molecule has 0 fully saturated rings. The highest BCUT2D eigenvalue weighted by molar-refractivity contribution is 7.99. The van der Waals surface area contributed by atoms with E-state index < -0.39 is 0 Å². The lowest BCUT2D eigenvalue weighted by molar-refractivity contribution is -0.113. The molecule has 0 aliphatic rings. The minimum atomic E-state index is -0.213. The molecular formula is C20H14Cl2N4O2S. The molecule has 0 aliphatic carbocycles. The van der Waals surface area contributed by atoms with Crippen molar-refractivity contribution >= 4 is 46.6 Å². The van der Waals surface area contributed by atoms with Crippen LogP contribution in [0.3, 0.4) is 0 Å². The van der Waals surface area contributed by atoms with Crippen molar-refractivity contribution in [1.82, 2.24) is 14.8 Å². The fourth-order valence-corrected chi connectivity index (χ4v) is 3.97. The van der Waals surface area contributed by atoms with E-state index in [1.165, 1.54) is 11.8 Å². The van der Waals surface area contributed by atoms with Gasteiger partial charge in [-0.05, 0) is 42.5 Å². The zero-order valence-corrected chi connectivity index (χ0v) is 17.2. The largest absolute Gasteiger partial charge is 0.461 e. The van der Waals surface area contributed by atoms with E-state index in [2.05, 4.69) is 15.5 Å². The monoisotopic (exact) mass is 444 g/mol. The molecule has 0 atom stereocenters. The lowest BCUT2D eigenvalue weighted by atomic mass is 10.3.